The van der Waals surface area contributed by atoms with Crippen molar-refractivity contribution in [3.8, 4) is 5.75 Å². The number of benzene rings is 1. The summed E-state index contributed by atoms with van der Waals surface area (Å²) in [5, 5.41) is 0.439. The minimum Gasteiger partial charge on any atom is -0.496 e. The van der Waals surface area contributed by atoms with Gasteiger partial charge < -0.3 is 14.6 Å². The van der Waals surface area contributed by atoms with Gasteiger partial charge in [0.1, 0.15) is 11.1 Å². The van der Waals surface area contributed by atoms with Gasteiger partial charge in [-0.1, -0.05) is 13.0 Å². The maximum Gasteiger partial charge on any atom is 0.329 e. The van der Waals surface area contributed by atoms with E-state index in [1.807, 2.05) is 0 Å². The molecule has 1 fully saturated rings. The number of hydrogen-bond acceptors (Lipinski definition) is 4. The Hall–Kier alpha value is -2.08. The van der Waals surface area contributed by atoms with E-state index in [1.54, 1.807) is 18.2 Å². The predicted octanol–water partition coefficient (Wildman–Crippen LogP) is 0.965. The molecule has 1 aliphatic heterocycles. The first kappa shape index (κ1) is 13.9. The van der Waals surface area contributed by atoms with Gasteiger partial charge in [0.2, 0.25) is 0 Å². The molecule has 1 aliphatic rings. The quantitative estimate of drug-likeness (QED) is 0.914. The van der Waals surface area contributed by atoms with Crippen LogP contribution in [-0.2, 0) is 0 Å². The highest BCUT2D eigenvalue weighted by Crippen LogP contribution is 2.22. The number of likely N-dealkylation sites (tertiary alicyclic amines) is 1. The van der Waals surface area contributed by atoms with Crippen LogP contribution in [0.4, 0.5) is 0 Å². The molecule has 3 rings (SSSR count). The molecule has 1 N–H and O–H groups in total. The van der Waals surface area contributed by atoms with E-state index in [0.717, 1.165) is 26.1 Å². The second kappa shape index (κ2) is 5.37. The summed E-state index contributed by atoms with van der Waals surface area (Å²) >= 11 is 0. The van der Waals surface area contributed by atoms with E-state index in [1.165, 1.54) is 11.7 Å². The Morgan fingerprint density at radius 3 is 2.86 bits per heavy atom. The summed E-state index contributed by atoms with van der Waals surface area (Å²) < 4.78 is 6.61. The van der Waals surface area contributed by atoms with Crippen molar-refractivity contribution in [2.45, 2.75) is 19.4 Å². The molecule has 2 aromatic rings. The van der Waals surface area contributed by atoms with Crippen molar-refractivity contribution < 1.29 is 4.74 Å². The Morgan fingerprint density at radius 2 is 2.19 bits per heavy atom. The van der Waals surface area contributed by atoms with Crippen LogP contribution in [0.5, 0.6) is 5.75 Å². The van der Waals surface area contributed by atoms with Crippen LogP contribution in [0, 0.1) is 0 Å². The lowest BCUT2D eigenvalue weighted by atomic mass is 10.2. The van der Waals surface area contributed by atoms with Crippen LogP contribution in [-0.4, -0.2) is 41.2 Å². The van der Waals surface area contributed by atoms with Crippen molar-refractivity contribution in [2.24, 2.45) is 0 Å². The van der Waals surface area contributed by atoms with Gasteiger partial charge in [-0.05, 0) is 25.1 Å². The molecule has 0 aliphatic carbocycles. The SMILES string of the molecule is CCN1CCC(n2c(=O)[nH]c3cccc(OC)c3c2=O)C1. The lowest BCUT2D eigenvalue weighted by Gasteiger charge is -2.15. The Balaban J connectivity index is 2.20. The Kier molecular flexibility index (Phi) is 3.55. The minimum absolute atomic E-state index is 0.0736. The number of H-pyrrole nitrogens is 1. The van der Waals surface area contributed by atoms with Crippen LogP contribution < -0.4 is 16.0 Å². The first-order valence-electron chi connectivity index (χ1n) is 7.19. The number of fused-ring (bicyclic) bond motifs is 1. The number of likely N-dealkylation sites (N-methyl/N-ethyl adjacent to an activating group) is 1. The summed E-state index contributed by atoms with van der Waals surface area (Å²) in [5.74, 6) is 0.493. The topological polar surface area (TPSA) is 67.3 Å². The maximum absolute atomic E-state index is 12.8. The van der Waals surface area contributed by atoms with Crippen LogP contribution in [0.3, 0.4) is 0 Å². The molecule has 0 radical (unpaired) electrons. The number of hydrogen-bond donors (Lipinski definition) is 1. The first-order chi connectivity index (χ1) is 10.2. The maximum atomic E-state index is 12.8. The number of aromatic nitrogens is 2. The average Bonchev–Trinajstić information content (AvgIpc) is 2.95. The van der Waals surface area contributed by atoms with E-state index in [0.29, 0.717) is 16.7 Å². The molecule has 0 amide bonds. The van der Waals surface area contributed by atoms with Crippen molar-refractivity contribution in [1.82, 2.24) is 14.5 Å². The summed E-state index contributed by atoms with van der Waals surface area (Å²) in [5.41, 5.74) is -0.0937. The molecule has 1 atom stereocenters. The van der Waals surface area contributed by atoms with Crippen LogP contribution in [0.1, 0.15) is 19.4 Å². The first-order valence-corrected chi connectivity index (χ1v) is 7.19. The zero-order valence-corrected chi connectivity index (χ0v) is 12.3. The van der Waals surface area contributed by atoms with Crippen molar-refractivity contribution in [3.05, 3.63) is 39.0 Å². The summed E-state index contributed by atoms with van der Waals surface area (Å²) in [6.07, 6.45) is 0.817. The van der Waals surface area contributed by atoms with Crippen LogP contribution >= 0.6 is 0 Å². The van der Waals surface area contributed by atoms with Gasteiger partial charge >= 0.3 is 5.69 Å². The largest absolute Gasteiger partial charge is 0.496 e. The molecule has 0 spiro atoms. The third kappa shape index (κ3) is 2.25. The zero-order valence-electron chi connectivity index (χ0n) is 12.3. The summed E-state index contributed by atoms with van der Waals surface area (Å²) in [6, 6.07) is 5.14. The smallest absolute Gasteiger partial charge is 0.329 e. The van der Waals surface area contributed by atoms with Crippen molar-refractivity contribution in [1.29, 1.82) is 0 Å². The Bertz CT molecular complexity index is 778. The normalized spacial score (nSPS) is 19.2. The van der Waals surface area contributed by atoms with Crippen LogP contribution in [0.2, 0.25) is 0 Å². The molecular formula is C15H19N3O3. The highest BCUT2D eigenvalue weighted by Gasteiger charge is 2.26. The van der Waals surface area contributed by atoms with Gasteiger partial charge in [0.15, 0.2) is 0 Å². The van der Waals surface area contributed by atoms with Gasteiger partial charge in [-0.25, -0.2) is 4.79 Å². The molecule has 1 saturated heterocycles. The summed E-state index contributed by atoms with van der Waals surface area (Å²) in [6.45, 7) is 4.66. The number of nitrogens with one attached hydrogen (secondary N) is 1. The molecule has 112 valence electrons. The molecule has 0 saturated carbocycles. The van der Waals surface area contributed by atoms with Crippen LogP contribution in [0.15, 0.2) is 27.8 Å². The Labute approximate surface area is 122 Å². The molecule has 0 bridgehead atoms. The monoisotopic (exact) mass is 289 g/mol. The highest BCUT2D eigenvalue weighted by atomic mass is 16.5. The molecule has 21 heavy (non-hydrogen) atoms. The third-order valence-electron chi connectivity index (χ3n) is 4.20. The molecule has 6 nitrogen and oxygen atoms in total. The molecular weight excluding hydrogens is 270 g/mol. The average molecular weight is 289 g/mol. The van der Waals surface area contributed by atoms with E-state index >= 15 is 0 Å². The number of aromatic amines is 1. The fourth-order valence-corrected chi connectivity index (χ4v) is 3.06. The van der Waals surface area contributed by atoms with Crippen molar-refractivity contribution >= 4 is 10.9 Å². The minimum atomic E-state index is -0.344. The lowest BCUT2D eigenvalue weighted by Crippen LogP contribution is -2.39. The second-order valence-corrected chi connectivity index (χ2v) is 5.32. The summed E-state index contributed by atoms with van der Waals surface area (Å²) in [7, 11) is 1.53. The van der Waals surface area contributed by atoms with E-state index in [9.17, 15) is 9.59 Å². The second-order valence-electron chi connectivity index (χ2n) is 5.32. The number of nitrogens with zero attached hydrogens (tertiary/aromatic N) is 2. The molecule has 2 heterocycles. The molecule has 1 unspecified atom stereocenters. The van der Waals surface area contributed by atoms with Gasteiger partial charge in [-0.2, -0.15) is 0 Å². The lowest BCUT2D eigenvalue weighted by molar-refractivity contribution is 0.337. The summed E-state index contributed by atoms with van der Waals surface area (Å²) in [4.78, 5) is 30.1. The van der Waals surface area contributed by atoms with E-state index in [4.69, 9.17) is 4.74 Å². The standard InChI is InChI=1S/C15H19N3O3/c1-3-17-8-7-10(9-17)18-14(19)13-11(16-15(18)20)5-4-6-12(13)21-2/h4-6,10H,3,7-9H2,1-2H3,(H,16,20). The fraction of sp³-hybridized carbons (Fsp3) is 0.467. The van der Waals surface area contributed by atoms with Crippen molar-refractivity contribution in [3.63, 3.8) is 0 Å². The predicted molar refractivity (Wildman–Crippen MR) is 81.1 cm³/mol. The fourth-order valence-electron chi connectivity index (χ4n) is 3.06. The van der Waals surface area contributed by atoms with E-state index in [2.05, 4.69) is 16.8 Å². The van der Waals surface area contributed by atoms with E-state index < -0.39 is 0 Å². The number of ether oxygens (including phenoxy) is 1. The van der Waals surface area contributed by atoms with Crippen molar-refractivity contribution in [2.75, 3.05) is 26.7 Å². The number of methoxy groups -OCH3 is 1. The third-order valence-corrected chi connectivity index (χ3v) is 4.20. The van der Waals surface area contributed by atoms with Crippen LogP contribution in [0.25, 0.3) is 10.9 Å². The van der Waals surface area contributed by atoms with E-state index in [-0.39, 0.29) is 17.3 Å². The van der Waals surface area contributed by atoms with Gasteiger partial charge in [-0.3, -0.25) is 9.36 Å². The van der Waals surface area contributed by atoms with Gasteiger partial charge in [0.05, 0.1) is 18.7 Å². The zero-order chi connectivity index (χ0) is 15.0. The number of rotatable bonds is 3. The Morgan fingerprint density at radius 1 is 1.38 bits per heavy atom. The van der Waals surface area contributed by atoms with Gasteiger partial charge in [0.25, 0.3) is 5.56 Å². The van der Waals surface area contributed by atoms with Gasteiger partial charge in [0, 0.05) is 13.1 Å². The molecule has 1 aromatic carbocycles. The van der Waals surface area contributed by atoms with Gasteiger partial charge in [-0.15, -0.1) is 0 Å². The highest BCUT2D eigenvalue weighted by molar-refractivity contribution is 5.83. The molecule has 6 heteroatoms. The molecule has 1 aromatic heterocycles.